The second kappa shape index (κ2) is 10.0. The number of nitrogens with one attached hydrogen (secondary N) is 3. The summed E-state index contributed by atoms with van der Waals surface area (Å²) in [6, 6.07) is 12.8. The van der Waals surface area contributed by atoms with E-state index in [1.165, 1.54) is 0 Å². The van der Waals surface area contributed by atoms with Gasteiger partial charge in [0.25, 0.3) is 5.56 Å². The summed E-state index contributed by atoms with van der Waals surface area (Å²) in [6.07, 6.45) is 0.315. The first kappa shape index (κ1) is 22.2. The molecule has 2 amide bonds. The Hall–Kier alpha value is -3.46. The van der Waals surface area contributed by atoms with Gasteiger partial charge in [-0.25, -0.2) is 0 Å². The van der Waals surface area contributed by atoms with Gasteiger partial charge in [0, 0.05) is 17.7 Å². The lowest BCUT2D eigenvalue weighted by molar-refractivity contribution is -0.116. The predicted molar refractivity (Wildman–Crippen MR) is 122 cm³/mol. The third kappa shape index (κ3) is 6.02. The second-order valence-corrected chi connectivity index (χ2v) is 7.93. The van der Waals surface area contributed by atoms with Gasteiger partial charge in [0.05, 0.1) is 11.4 Å². The van der Waals surface area contributed by atoms with E-state index in [2.05, 4.69) is 25.8 Å². The molecule has 0 atom stereocenters. The Morgan fingerprint density at radius 3 is 2.48 bits per heavy atom. The molecule has 160 valence electrons. The molecule has 8 nitrogen and oxygen atoms in total. The normalized spacial score (nSPS) is 10.5. The van der Waals surface area contributed by atoms with Crippen LogP contribution in [0.1, 0.15) is 24.5 Å². The van der Waals surface area contributed by atoms with Gasteiger partial charge in [-0.2, -0.15) is 0 Å². The van der Waals surface area contributed by atoms with Crippen molar-refractivity contribution in [2.24, 2.45) is 0 Å². The minimum Gasteiger partial charge on any atom is -0.325 e. The van der Waals surface area contributed by atoms with Crippen LogP contribution in [0.25, 0.3) is 11.3 Å². The molecule has 9 heteroatoms. The molecule has 3 N–H and O–H groups in total. The SMILES string of the molecule is CCC(=O)Nc1ccc(C)cc1-c1nnc(SCC(=O)Nc2cccc(C)c2)[nH]c1=O. The van der Waals surface area contributed by atoms with Crippen molar-refractivity contribution in [3.8, 4) is 11.3 Å². The number of hydrogen-bond donors (Lipinski definition) is 3. The largest absolute Gasteiger partial charge is 0.325 e. The van der Waals surface area contributed by atoms with E-state index in [0.717, 1.165) is 22.9 Å². The number of aromatic amines is 1. The molecule has 31 heavy (non-hydrogen) atoms. The number of aromatic nitrogens is 3. The van der Waals surface area contributed by atoms with Crippen molar-refractivity contribution in [3.63, 3.8) is 0 Å². The van der Waals surface area contributed by atoms with Gasteiger partial charge in [0.15, 0.2) is 10.9 Å². The van der Waals surface area contributed by atoms with E-state index in [0.29, 0.717) is 23.4 Å². The molecule has 0 unspecified atom stereocenters. The van der Waals surface area contributed by atoms with E-state index < -0.39 is 5.56 Å². The molecule has 1 aromatic heterocycles. The fourth-order valence-electron chi connectivity index (χ4n) is 2.82. The van der Waals surface area contributed by atoms with Crippen LogP contribution in [-0.4, -0.2) is 32.7 Å². The average molecular weight is 438 g/mol. The number of thioether (sulfide) groups is 1. The van der Waals surface area contributed by atoms with E-state index >= 15 is 0 Å². The summed E-state index contributed by atoms with van der Waals surface area (Å²) in [4.78, 5) is 39.3. The Kier molecular flexibility index (Phi) is 7.19. The molecule has 0 fully saturated rings. The maximum Gasteiger partial charge on any atom is 0.278 e. The molecule has 0 radical (unpaired) electrons. The van der Waals surface area contributed by atoms with Crippen LogP contribution in [0.4, 0.5) is 11.4 Å². The Morgan fingerprint density at radius 2 is 1.77 bits per heavy atom. The Bertz CT molecular complexity index is 1180. The molecule has 0 aliphatic rings. The van der Waals surface area contributed by atoms with E-state index in [4.69, 9.17) is 0 Å². The number of carbonyl (C=O) groups excluding carboxylic acids is 2. The molecular formula is C22H23N5O3S. The predicted octanol–water partition coefficient (Wildman–Crippen LogP) is 3.53. The molecule has 3 aromatic rings. The van der Waals surface area contributed by atoms with Crippen molar-refractivity contribution < 1.29 is 9.59 Å². The zero-order chi connectivity index (χ0) is 22.4. The summed E-state index contributed by atoms with van der Waals surface area (Å²) in [7, 11) is 0. The van der Waals surface area contributed by atoms with Crippen molar-refractivity contribution in [2.75, 3.05) is 16.4 Å². The lowest BCUT2D eigenvalue weighted by Crippen LogP contribution is -2.18. The highest BCUT2D eigenvalue weighted by Crippen LogP contribution is 2.26. The van der Waals surface area contributed by atoms with E-state index in [-0.39, 0.29) is 28.4 Å². The number of H-pyrrole nitrogens is 1. The zero-order valence-corrected chi connectivity index (χ0v) is 18.3. The number of anilines is 2. The van der Waals surface area contributed by atoms with E-state index in [1.54, 1.807) is 19.1 Å². The van der Waals surface area contributed by atoms with Crippen LogP contribution < -0.4 is 16.2 Å². The Balaban J connectivity index is 1.73. The topological polar surface area (TPSA) is 117 Å². The molecule has 3 rings (SSSR count). The fourth-order valence-corrected chi connectivity index (χ4v) is 3.42. The summed E-state index contributed by atoms with van der Waals surface area (Å²) in [6.45, 7) is 5.57. The van der Waals surface area contributed by atoms with Crippen molar-refractivity contribution in [2.45, 2.75) is 32.3 Å². The number of amides is 2. The molecular weight excluding hydrogens is 414 g/mol. The molecule has 0 aliphatic carbocycles. The summed E-state index contributed by atoms with van der Waals surface area (Å²) in [5, 5.41) is 13.9. The van der Waals surface area contributed by atoms with Crippen molar-refractivity contribution in [1.29, 1.82) is 0 Å². The van der Waals surface area contributed by atoms with Gasteiger partial charge in [0.2, 0.25) is 11.8 Å². The van der Waals surface area contributed by atoms with Gasteiger partial charge in [0.1, 0.15) is 0 Å². The number of aryl methyl sites for hydroxylation is 2. The molecule has 1 heterocycles. The molecule has 0 spiro atoms. The maximum absolute atomic E-state index is 12.6. The van der Waals surface area contributed by atoms with Gasteiger partial charge >= 0.3 is 0 Å². The number of hydrogen-bond acceptors (Lipinski definition) is 6. The molecule has 0 aliphatic heterocycles. The van der Waals surface area contributed by atoms with Crippen LogP contribution >= 0.6 is 11.8 Å². The first-order chi connectivity index (χ1) is 14.9. The summed E-state index contributed by atoms with van der Waals surface area (Å²) in [5.41, 5.74) is 3.30. The number of nitrogens with zero attached hydrogens (tertiary/aromatic N) is 2. The molecule has 0 bridgehead atoms. The summed E-state index contributed by atoms with van der Waals surface area (Å²) >= 11 is 1.08. The fraction of sp³-hybridized carbons (Fsp3) is 0.227. The molecule has 0 saturated heterocycles. The third-order valence-electron chi connectivity index (χ3n) is 4.34. The number of carbonyl (C=O) groups is 2. The average Bonchev–Trinajstić information content (AvgIpc) is 2.73. The number of rotatable bonds is 7. The molecule has 0 saturated carbocycles. The minimum absolute atomic E-state index is 0.0696. The monoisotopic (exact) mass is 437 g/mol. The van der Waals surface area contributed by atoms with Crippen LogP contribution in [0.2, 0.25) is 0 Å². The van der Waals surface area contributed by atoms with Gasteiger partial charge < -0.3 is 10.6 Å². The van der Waals surface area contributed by atoms with Gasteiger partial charge in [-0.3, -0.25) is 19.4 Å². The lowest BCUT2D eigenvalue weighted by atomic mass is 10.1. The summed E-state index contributed by atoms with van der Waals surface area (Å²) in [5.74, 6) is -0.313. The number of benzene rings is 2. The Labute approximate surface area is 183 Å². The van der Waals surface area contributed by atoms with Crippen LogP contribution in [0.3, 0.4) is 0 Å². The standard InChI is InChI=1S/C22H23N5O3S/c1-4-18(28)24-17-9-8-14(3)11-16(17)20-21(30)25-22(27-26-20)31-12-19(29)23-15-7-5-6-13(2)10-15/h5-11H,4,12H2,1-3H3,(H,23,29)(H,24,28)(H,25,27,30). The van der Waals surface area contributed by atoms with Crippen molar-refractivity contribution >= 4 is 35.0 Å². The highest BCUT2D eigenvalue weighted by Gasteiger charge is 2.15. The van der Waals surface area contributed by atoms with Gasteiger partial charge in [-0.1, -0.05) is 42.4 Å². The van der Waals surface area contributed by atoms with Crippen LogP contribution in [0.5, 0.6) is 0 Å². The van der Waals surface area contributed by atoms with E-state index in [1.807, 2.05) is 44.2 Å². The van der Waals surface area contributed by atoms with Gasteiger partial charge in [-0.15, -0.1) is 10.2 Å². The highest BCUT2D eigenvalue weighted by atomic mass is 32.2. The second-order valence-electron chi connectivity index (χ2n) is 6.96. The first-order valence-electron chi connectivity index (χ1n) is 9.73. The zero-order valence-electron chi connectivity index (χ0n) is 17.5. The van der Waals surface area contributed by atoms with Crippen LogP contribution in [0.15, 0.2) is 52.4 Å². The minimum atomic E-state index is -0.450. The smallest absolute Gasteiger partial charge is 0.278 e. The molecule has 2 aromatic carbocycles. The summed E-state index contributed by atoms with van der Waals surface area (Å²) < 4.78 is 0. The van der Waals surface area contributed by atoms with Crippen molar-refractivity contribution in [3.05, 3.63) is 63.9 Å². The quantitative estimate of drug-likeness (QED) is 0.487. The maximum atomic E-state index is 12.6. The highest BCUT2D eigenvalue weighted by molar-refractivity contribution is 7.99. The lowest BCUT2D eigenvalue weighted by Gasteiger charge is -2.11. The van der Waals surface area contributed by atoms with Crippen molar-refractivity contribution in [1.82, 2.24) is 15.2 Å². The van der Waals surface area contributed by atoms with Crippen LogP contribution in [0, 0.1) is 13.8 Å². The third-order valence-corrected chi connectivity index (χ3v) is 5.21. The van der Waals surface area contributed by atoms with Crippen LogP contribution in [-0.2, 0) is 9.59 Å². The van der Waals surface area contributed by atoms with E-state index in [9.17, 15) is 14.4 Å². The van der Waals surface area contributed by atoms with Gasteiger partial charge in [-0.05, 0) is 43.7 Å². The Morgan fingerprint density at radius 1 is 1.00 bits per heavy atom. The first-order valence-corrected chi connectivity index (χ1v) is 10.7.